The normalized spacial score (nSPS) is 15.6. The summed E-state index contributed by atoms with van der Waals surface area (Å²) in [4.78, 5) is 11.7. The minimum Gasteiger partial charge on any atom is -0.493 e. The number of methoxy groups -OCH3 is 2. The quantitative estimate of drug-likeness (QED) is 0.828. The van der Waals surface area contributed by atoms with Crippen molar-refractivity contribution in [1.82, 2.24) is 0 Å². The van der Waals surface area contributed by atoms with Gasteiger partial charge >= 0.3 is 5.97 Å². The molecule has 0 amide bonds. The molecule has 6 nitrogen and oxygen atoms in total. The van der Waals surface area contributed by atoms with Gasteiger partial charge in [0.2, 0.25) is 12.5 Å². The average Bonchev–Trinajstić information content (AvgIpc) is 2.94. The Morgan fingerprint density at radius 2 is 2.15 bits per heavy atom. The third-order valence-electron chi connectivity index (χ3n) is 3.35. The first-order valence-corrected chi connectivity index (χ1v) is 6.35. The van der Waals surface area contributed by atoms with Crippen molar-refractivity contribution in [2.45, 2.75) is 19.4 Å². The van der Waals surface area contributed by atoms with Crippen LogP contribution < -0.4 is 14.2 Å². The topological polar surface area (TPSA) is 74.2 Å². The molecule has 1 aromatic carbocycles. The number of hydrogen-bond acceptors (Lipinski definition) is 6. The molecule has 0 saturated heterocycles. The van der Waals surface area contributed by atoms with Crippen LogP contribution in [0.25, 0.3) is 0 Å². The predicted molar refractivity (Wildman–Crippen MR) is 69.9 cm³/mol. The van der Waals surface area contributed by atoms with Gasteiger partial charge < -0.3 is 24.1 Å². The average molecular weight is 282 g/mol. The van der Waals surface area contributed by atoms with Crippen molar-refractivity contribution in [3.63, 3.8) is 0 Å². The number of aliphatic hydroxyl groups is 1. The summed E-state index contributed by atoms with van der Waals surface area (Å²) in [7, 11) is 2.81. The Hall–Kier alpha value is -1.95. The summed E-state index contributed by atoms with van der Waals surface area (Å²) in [5, 5.41) is 10.4. The molecule has 0 saturated carbocycles. The van der Waals surface area contributed by atoms with Gasteiger partial charge in [-0.3, -0.25) is 4.79 Å². The van der Waals surface area contributed by atoms with Gasteiger partial charge in [-0.05, 0) is 24.1 Å². The van der Waals surface area contributed by atoms with E-state index in [0.717, 1.165) is 0 Å². The fourth-order valence-electron chi connectivity index (χ4n) is 2.22. The fraction of sp³-hybridized carbons (Fsp3) is 0.500. The molecule has 1 N–H and O–H groups in total. The molecule has 2 atom stereocenters. The van der Waals surface area contributed by atoms with Crippen molar-refractivity contribution in [2.75, 3.05) is 21.0 Å². The highest BCUT2D eigenvalue weighted by Crippen LogP contribution is 2.44. The molecule has 1 aromatic rings. The van der Waals surface area contributed by atoms with Crippen LogP contribution in [0.15, 0.2) is 12.1 Å². The van der Waals surface area contributed by atoms with Gasteiger partial charge in [-0.25, -0.2) is 0 Å². The highest BCUT2D eigenvalue weighted by molar-refractivity contribution is 5.73. The number of ether oxygens (including phenoxy) is 4. The highest BCUT2D eigenvalue weighted by Gasteiger charge is 2.30. The predicted octanol–water partition coefficient (Wildman–Crippen LogP) is 1.66. The molecule has 2 unspecified atom stereocenters. The number of fused-ring (bicyclic) bond motifs is 1. The van der Waals surface area contributed by atoms with E-state index in [9.17, 15) is 9.90 Å². The van der Waals surface area contributed by atoms with Gasteiger partial charge in [0.15, 0.2) is 11.5 Å². The van der Waals surface area contributed by atoms with Gasteiger partial charge in [-0.2, -0.15) is 0 Å². The number of hydrogen-bond donors (Lipinski definition) is 1. The molecule has 1 aliphatic heterocycles. The van der Waals surface area contributed by atoms with Crippen LogP contribution in [0.3, 0.4) is 0 Å². The van der Waals surface area contributed by atoms with E-state index in [2.05, 4.69) is 0 Å². The summed E-state index contributed by atoms with van der Waals surface area (Å²) in [5.41, 5.74) is 0.531. The monoisotopic (exact) mass is 282 g/mol. The van der Waals surface area contributed by atoms with Gasteiger partial charge in [0.05, 0.1) is 26.2 Å². The van der Waals surface area contributed by atoms with Crippen LogP contribution in [0.5, 0.6) is 17.2 Å². The lowest BCUT2D eigenvalue weighted by molar-refractivity contribution is -0.149. The van der Waals surface area contributed by atoms with Crippen molar-refractivity contribution < 1.29 is 28.8 Å². The Balaban J connectivity index is 2.34. The molecule has 1 aliphatic rings. The molecule has 2 rings (SSSR count). The van der Waals surface area contributed by atoms with Gasteiger partial charge in [0, 0.05) is 0 Å². The molecule has 20 heavy (non-hydrogen) atoms. The molecule has 0 radical (unpaired) electrons. The lowest BCUT2D eigenvalue weighted by Crippen LogP contribution is -2.23. The third kappa shape index (κ3) is 2.51. The first kappa shape index (κ1) is 14.5. The van der Waals surface area contributed by atoms with Crippen LogP contribution >= 0.6 is 0 Å². The lowest BCUT2D eigenvalue weighted by atomic mass is 9.93. The maximum Gasteiger partial charge on any atom is 0.311 e. The van der Waals surface area contributed by atoms with Crippen molar-refractivity contribution in [2.24, 2.45) is 5.92 Å². The largest absolute Gasteiger partial charge is 0.493 e. The smallest absolute Gasteiger partial charge is 0.311 e. The highest BCUT2D eigenvalue weighted by atomic mass is 16.7. The Bertz CT molecular complexity index is 499. The van der Waals surface area contributed by atoms with E-state index >= 15 is 0 Å². The molecular weight excluding hydrogens is 264 g/mol. The molecule has 0 spiro atoms. The summed E-state index contributed by atoms with van der Waals surface area (Å²) in [6.07, 6.45) is -0.527. The van der Waals surface area contributed by atoms with Crippen LogP contribution in [-0.2, 0) is 9.53 Å². The summed E-state index contributed by atoms with van der Waals surface area (Å²) < 4.78 is 20.5. The first-order valence-electron chi connectivity index (χ1n) is 6.35. The van der Waals surface area contributed by atoms with E-state index in [4.69, 9.17) is 18.9 Å². The number of carbonyl (C=O) groups excluding carboxylic acids is 1. The van der Waals surface area contributed by atoms with Crippen molar-refractivity contribution in [3.05, 3.63) is 17.7 Å². The van der Waals surface area contributed by atoms with E-state index in [1.54, 1.807) is 12.1 Å². The Kier molecular flexibility index (Phi) is 4.34. The number of aliphatic hydroxyl groups excluding tert-OH is 1. The van der Waals surface area contributed by atoms with Gasteiger partial charge in [-0.1, -0.05) is 6.92 Å². The minimum absolute atomic E-state index is 0.111. The molecule has 1 heterocycles. The first-order chi connectivity index (χ1) is 9.62. The fourth-order valence-corrected chi connectivity index (χ4v) is 2.22. The molecular formula is C14H18O6. The Morgan fingerprint density at radius 1 is 1.40 bits per heavy atom. The van der Waals surface area contributed by atoms with Crippen molar-refractivity contribution in [3.8, 4) is 17.2 Å². The van der Waals surface area contributed by atoms with Crippen LogP contribution in [0.1, 0.15) is 25.0 Å². The maximum absolute atomic E-state index is 11.7. The molecule has 0 aliphatic carbocycles. The van der Waals surface area contributed by atoms with E-state index in [1.807, 2.05) is 6.92 Å². The van der Waals surface area contributed by atoms with Gasteiger partial charge in [0.25, 0.3) is 0 Å². The van der Waals surface area contributed by atoms with E-state index in [-0.39, 0.29) is 6.79 Å². The van der Waals surface area contributed by atoms with E-state index in [0.29, 0.717) is 29.2 Å². The minimum atomic E-state index is -0.990. The van der Waals surface area contributed by atoms with Crippen molar-refractivity contribution >= 4 is 5.97 Å². The van der Waals surface area contributed by atoms with Crippen molar-refractivity contribution in [1.29, 1.82) is 0 Å². The zero-order valence-corrected chi connectivity index (χ0v) is 11.7. The zero-order valence-electron chi connectivity index (χ0n) is 11.7. The van der Waals surface area contributed by atoms with Crippen LogP contribution in [0, 0.1) is 5.92 Å². The number of rotatable bonds is 5. The summed E-state index contributed by atoms with van der Waals surface area (Å²) in [6, 6.07) is 3.30. The number of benzene rings is 1. The summed E-state index contributed by atoms with van der Waals surface area (Å²) >= 11 is 0. The Labute approximate surface area is 117 Å². The second-order valence-corrected chi connectivity index (χ2v) is 4.44. The van der Waals surface area contributed by atoms with Crippen LogP contribution in [0.4, 0.5) is 0 Å². The molecule has 0 bridgehead atoms. The molecule has 0 aromatic heterocycles. The maximum atomic E-state index is 11.7. The van der Waals surface area contributed by atoms with E-state index in [1.165, 1.54) is 14.2 Å². The molecule has 6 heteroatoms. The second kappa shape index (κ2) is 6.00. The van der Waals surface area contributed by atoms with E-state index < -0.39 is 18.0 Å². The van der Waals surface area contributed by atoms with Gasteiger partial charge in [0.1, 0.15) is 0 Å². The Morgan fingerprint density at radius 3 is 2.75 bits per heavy atom. The summed E-state index contributed by atoms with van der Waals surface area (Å²) in [6.45, 7) is 1.93. The SMILES string of the molecule is CCC(C(=O)OC)C(O)c1cc(OC)c2c(c1)OCO2. The lowest BCUT2D eigenvalue weighted by Gasteiger charge is -2.20. The molecule has 0 fully saturated rings. The number of esters is 1. The standard InChI is InChI=1S/C14H18O6/c1-4-9(14(16)18-3)12(15)8-5-10(17-2)13-11(6-8)19-7-20-13/h5-6,9,12,15H,4,7H2,1-3H3. The van der Waals surface area contributed by atoms with Crippen LogP contribution in [-0.4, -0.2) is 32.1 Å². The van der Waals surface area contributed by atoms with Crippen LogP contribution in [0.2, 0.25) is 0 Å². The third-order valence-corrected chi connectivity index (χ3v) is 3.35. The molecule has 110 valence electrons. The van der Waals surface area contributed by atoms with Gasteiger partial charge in [-0.15, -0.1) is 0 Å². The number of carbonyl (C=O) groups is 1. The summed E-state index contributed by atoms with van der Waals surface area (Å²) in [5.74, 6) is 0.392. The second-order valence-electron chi connectivity index (χ2n) is 4.44. The zero-order chi connectivity index (χ0) is 14.7.